The van der Waals surface area contributed by atoms with Gasteiger partial charge in [-0.1, -0.05) is 59.6 Å². The first-order valence-corrected chi connectivity index (χ1v) is 11.6. The normalized spacial score (nSPS) is 12.7. The van der Waals surface area contributed by atoms with Crippen molar-refractivity contribution in [1.82, 2.24) is 10.2 Å². The molecule has 1 N–H and O–H groups in total. The van der Waals surface area contributed by atoms with Crippen LogP contribution in [-0.4, -0.2) is 35.4 Å². The molecule has 0 bridgehead atoms. The fraction of sp³-hybridized carbons (Fsp3) is 0.440. The Morgan fingerprint density at radius 1 is 1.10 bits per heavy atom. The van der Waals surface area contributed by atoms with Gasteiger partial charge < -0.3 is 15.0 Å². The summed E-state index contributed by atoms with van der Waals surface area (Å²) >= 11 is 3.47. The van der Waals surface area contributed by atoms with E-state index >= 15 is 0 Å². The smallest absolute Gasteiger partial charge is 0.261 e. The van der Waals surface area contributed by atoms with Gasteiger partial charge in [-0.25, -0.2) is 0 Å². The van der Waals surface area contributed by atoms with Crippen LogP contribution in [0.4, 0.5) is 0 Å². The zero-order valence-electron chi connectivity index (χ0n) is 19.1. The molecule has 2 aromatic rings. The second-order valence-corrected chi connectivity index (χ2v) is 8.81. The third-order valence-corrected chi connectivity index (χ3v) is 6.20. The van der Waals surface area contributed by atoms with E-state index in [0.717, 1.165) is 27.6 Å². The fourth-order valence-electron chi connectivity index (χ4n) is 3.30. The lowest BCUT2D eigenvalue weighted by atomic mass is 10.1. The molecule has 0 saturated heterocycles. The van der Waals surface area contributed by atoms with E-state index in [2.05, 4.69) is 21.2 Å². The molecule has 2 atom stereocenters. The number of nitrogens with one attached hydrogen (secondary N) is 1. The predicted molar refractivity (Wildman–Crippen MR) is 128 cm³/mol. The van der Waals surface area contributed by atoms with Crippen molar-refractivity contribution in [3.63, 3.8) is 0 Å². The summed E-state index contributed by atoms with van der Waals surface area (Å²) in [5, 5.41) is 3.02. The summed E-state index contributed by atoms with van der Waals surface area (Å²) in [7, 11) is 0. The van der Waals surface area contributed by atoms with Crippen LogP contribution in [0.15, 0.2) is 46.9 Å². The van der Waals surface area contributed by atoms with Gasteiger partial charge in [0.25, 0.3) is 5.91 Å². The van der Waals surface area contributed by atoms with E-state index in [1.807, 2.05) is 77.1 Å². The van der Waals surface area contributed by atoms with E-state index in [9.17, 15) is 9.59 Å². The minimum absolute atomic E-state index is 0.0551. The second-order valence-electron chi connectivity index (χ2n) is 7.95. The Morgan fingerprint density at radius 2 is 1.84 bits per heavy atom. The van der Waals surface area contributed by atoms with Crippen molar-refractivity contribution >= 4 is 27.7 Å². The number of halogens is 1. The van der Waals surface area contributed by atoms with Crippen molar-refractivity contribution in [1.29, 1.82) is 0 Å². The summed E-state index contributed by atoms with van der Waals surface area (Å²) in [4.78, 5) is 27.8. The van der Waals surface area contributed by atoms with Crippen molar-refractivity contribution < 1.29 is 14.3 Å². The highest BCUT2D eigenvalue weighted by atomic mass is 79.9. The molecule has 0 aliphatic heterocycles. The van der Waals surface area contributed by atoms with E-state index in [-0.39, 0.29) is 24.5 Å². The van der Waals surface area contributed by atoms with E-state index in [4.69, 9.17) is 4.74 Å². The fourth-order valence-corrected chi connectivity index (χ4v) is 3.55. The van der Waals surface area contributed by atoms with Crippen LogP contribution in [0.2, 0.25) is 0 Å². The second kappa shape index (κ2) is 11.9. The molecule has 0 aromatic heterocycles. The molecule has 6 heteroatoms. The van der Waals surface area contributed by atoms with Gasteiger partial charge in [0.15, 0.2) is 6.61 Å². The van der Waals surface area contributed by atoms with E-state index in [1.54, 1.807) is 4.90 Å². The average molecular weight is 489 g/mol. The zero-order valence-corrected chi connectivity index (χ0v) is 20.7. The van der Waals surface area contributed by atoms with Gasteiger partial charge in [-0.05, 0) is 62.9 Å². The Balaban J connectivity index is 2.22. The molecule has 0 unspecified atom stereocenters. The molecule has 2 amide bonds. The molecule has 31 heavy (non-hydrogen) atoms. The highest BCUT2D eigenvalue weighted by molar-refractivity contribution is 9.10. The Kier molecular flexibility index (Phi) is 9.56. The van der Waals surface area contributed by atoms with Crippen LogP contribution in [0.3, 0.4) is 0 Å². The van der Waals surface area contributed by atoms with E-state index in [0.29, 0.717) is 18.7 Å². The van der Waals surface area contributed by atoms with Gasteiger partial charge in [0.1, 0.15) is 11.8 Å². The number of ether oxygens (including phenoxy) is 1. The number of nitrogens with zero attached hydrogens (tertiary/aromatic N) is 1. The lowest BCUT2D eigenvalue weighted by molar-refractivity contribution is -0.143. The minimum atomic E-state index is -0.558. The van der Waals surface area contributed by atoms with Crippen molar-refractivity contribution in [2.75, 3.05) is 6.61 Å². The van der Waals surface area contributed by atoms with Gasteiger partial charge in [-0.3, -0.25) is 9.59 Å². The monoisotopic (exact) mass is 488 g/mol. The third kappa shape index (κ3) is 7.39. The van der Waals surface area contributed by atoms with Crippen molar-refractivity contribution in [3.8, 4) is 5.75 Å². The van der Waals surface area contributed by atoms with Gasteiger partial charge >= 0.3 is 0 Å². The lowest BCUT2D eigenvalue weighted by Crippen LogP contribution is -2.51. The van der Waals surface area contributed by atoms with Crippen molar-refractivity contribution in [2.45, 2.75) is 66.1 Å². The molecule has 0 saturated carbocycles. The summed E-state index contributed by atoms with van der Waals surface area (Å²) in [5.41, 5.74) is 3.13. The molecule has 0 aliphatic rings. The summed E-state index contributed by atoms with van der Waals surface area (Å²) in [5.74, 6) is 0.284. The number of amides is 2. The Labute approximate surface area is 194 Å². The standard InChI is InChI=1S/C25H33BrN2O3/c1-6-19(5)27-25(30)23(7-2)28(15-20-10-8-9-17(3)13-20)24(29)16-31-21-11-12-22(26)18(4)14-21/h8-14,19,23H,6-7,15-16H2,1-5H3,(H,27,30)/t19-,23+/m1/s1. The Morgan fingerprint density at radius 3 is 2.45 bits per heavy atom. The molecular formula is C25H33BrN2O3. The third-order valence-electron chi connectivity index (χ3n) is 5.31. The molecular weight excluding hydrogens is 456 g/mol. The van der Waals surface area contributed by atoms with Gasteiger partial charge in [-0.2, -0.15) is 0 Å². The van der Waals surface area contributed by atoms with E-state index in [1.165, 1.54) is 0 Å². The van der Waals surface area contributed by atoms with Crippen LogP contribution < -0.4 is 10.1 Å². The van der Waals surface area contributed by atoms with E-state index < -0.39 is 6.04 Å². The summed E-state index contributed by atoms with van der Waals surface area (Å²) in [6.07, 6.45) is 1.36. The highest BCUT2D eigenvalue weighted by Gasteiger charge is 2.29. The summed E-state index contributed by atoms with van der Waals surface area (Å²) in [6, 6.07) is 13.1. The zero-order chi connectivity index (χ0) is 23.0. The van der Waals surface area contributed by atoms with Gasteiger partial charge in [0, 0.05) is 17.1 Å². The maximum absolute atomic E-state index is 13.2. The maximum atomic E-state index is 13.2. The van der Waals surface area contributed by atoms with Gasteiger partial charge in [0.2, 0.25) is 5.91 Å². The number of carbonyl (C=O) groups excluding carboxylic acids is 2. The number of hydrogen-bond acceptors (Lipinski definition) is 3. The molecule has 2 aromatic carbocycles. The topological polar surface area (TPSA) is 58.6 Å². The van der Waals surface area contributed by atoms with Crippen LogP contribution in [-0.2, 0) is 16.1 Å². The maximum Gasteiger partial charge on any atom is 0.261 e. The van der Waals surface area contributed by atoms with Crippen LogP contribution in [0.1, 0.15) is 50.3 Å². The van der Waals surface area contributed by atoms with Crippen LogP contribution >= 0.6 is 15.9 Å². The first-order chi connectivity index (χ1) is 14.7. The minimum Gasteiger partial charge on any atom is -0.484 e. The number of carbonyl (C=O) groups is 2. The molecule has 0 heterocycles. The number of benzene rings is 2. The average Bonchev–Trinajstić information content (AvgIpc) is 2.74. The molecule has 5 nitrogen and oxygen atoms in total. The Hall–Kier alpha value is -2.34. The predicted octanol–water partition coefficient (Wildman–Crippen LogP) is 5.17. The van der Waals surface area contributed by atoms with Gasteiger partial charge in [-0.15, -0.1) is 0 Å². The first-order valence-electron chi connectivity index (χ1n) is 10.8. The summed E-state index contributed by atoms with van der Waals surface area (Å²) in [6.45, 7) is 10.1. The van der Waals surface area contributed by atoms with Crippen LogP contribution in [0.5, 0.6) is 5.75 Å². The molecule has 0 radical (unpaired) electrons. The molecule has 168 valence electrons. The number of aryl methyl sites for hydroxylation is 2. The summed E-state index contributed by atoms with van der Waals surface area (Å²) < 4.78 is 6.77. The van der Waals surface area contributed by atoms with Crippen LogP contribution in [0.25, 0.3) is 0 Å². The molecule has 0 fully saturated rings. The molecule has 0 aliphatic carbocycles. The largest absolute Gasteiger partial charge is 0.484 e. The van der Waals surface area contributed by atoms with Crippen molar-refractivity contribution in [2.24, 2.45) is 0 Å². The number of hydrogen-bond donors (Lipinski definition) is 1. The first kappa shape index (κ1) is 24.9. The van der Waals surface area contributed by atoms with Gasteiger partial charge in [0.05, 0.1) is 0 Å². The quantitative estimate of drug-likeness (QED) is 0.501. The number of rotatable bonds is 10. The molecule has 0 spiro atoms. The lowest BCUT2D eigenvalue weighted by Gasteiger charge is -2.31. The van der Waals surface area contributed by atoms with Crippen molar-refractivity contribution in [3.05, 3.63) is 63.6 Å². The molecule has 2 rings (SSSR count). The highest BCUT2D eigenvalue weighted by Crippen LogP contribution is 2.22. The Bertz CT molecular complexity index is 900. The SMILES string of the molecule is CC[C@@H](C)NC(=O)[C@H](CC)N(Cc1cccc(C)c1)C(=O)COc1ccc(Br)c(C)c1. The van der Waals surface area contributed by atoms with Crippen LogP contribution in [0, 0.1) is 13.8 Å².